The van der Waals surface area contributed by atoms with Crippen LogP contribution in [0.4, 0.5) is 4.39 Å². The monoisotopic (exact) mass is 292 g/mol. The predicted molar refractivity (Wildman–Crippen MR) is 70.2 cm³/mol. The van der Waals surface area contributed by atoms with Crippen molar-refractivity contribution in [3.8, 4) is 0 Å². The molecule has 21 heavy (non-hydrogen) atoms. The molecule has 4 rings (SSSR count). The lowest BCUT2D eigenvalue weighted by molar-refractivity contribution is 0.113. The Morgan fingerprint density at radius 2 is 2.24 bits per heavy atom. The summed E-state index contributed by atoms with van der Waals surface area (Å²) in [7, 11) is 0. The highest BCUT2D eigenvalue weighted by Gasteiger charge is 2.45. The van der Waals surface area contributed by atoms with E-state index in [0.29, 0.717) is 31.3 Å². The minimum absolute atomic E-state index is 0.126. The Hall–Kier alpha value is -1.76. The summed E-state index contributed by atoms with van der Waals surface area (Å²) in [6, 6.07) is 1.87. The van der Waals surface area contributed by atoms with Gasteiger partial charge in [0.15, 0.2) is 11.6 Å². The van der Waals surface area contributed by atoms with E-state index >= 15 is 4.39 Å². The fourth-order valence-corrected chi connectivity index (χ4v) is 2.79. The Labute approximate surface area is 121 Å². The quantitative estimate of drug-likeness (QED) is 0.861. The Morgan fingerprint density at radius 1 is 1.38 bits per heavy atom. The van der Waals surface area contributed by atoms with Gasteiger partial charge in [-0.3, -0.25) is 4.90 Å². The summed E-state index contributed by atoms with van der Waals surface area (Å²) in [4.78, 5) is 6.24. The van der Waals surface area contributed by atoms with E-state index in [4.69, 9.17) is 9.05 Å². The van der Waals surface area contributed by atoms with E-state index in [1.165, 1.54) is 0 Å². The highest BCUT2D eigenvalue weighted by Crippen LogP contribution is 2.41. The molecule has 1 atom stereocenters. The van der Waals surface area contributed by atoms with Gasteiger partial charge in [-0.05, 0) is 19.8 Å². The Morgan fingerprint density at radius 3 is 2.95 bits per heavy atom. The third-order valence-corrected chi connectivity index (χ3v) is 4.12. The Bertz CT molecular complexity index is 651. The molecule has 2 aromatic rings. The lowest BCUT2D eigenvalue weighted by Crippen LogP contribution is -2.27. The third kappa shape index (κ3) is 2.46. The van der Waals surface area contributed by atoms with E-state index in [-0.39, 0.29) is 12.4 Å². The van der Waals surface area contributed by atoms with Crippen LogP contribution in [0.3, 0.4) is 0 Å². The van der Waals surface area contributed by atoms with Crippen molar-refractivity contribution in [3.63, 3.8) is 0 Å². The van der Waals surface area contributed by atoms with E-state index in [2.05, 4.69) is 15.3 Å². The van der Waals surface area contributed by atoms with Crippen molar-refractivity contribution in [2.45, 2.75) is 44.3 Å². The first kappa shape index (κ1) is 12.9. The van der Waals surface area contributed by atoms with Gasteiger partial charge >= 0.3 is 0 Å². The summed E-state index contributed by atoms with van der Waals surface area (Å²) in [5, 5.41) is 7.75. The molecule has 6 nitrogen and oxygen atoms in total. The van der Waals surface area contributed by atoms with Gasteiger partial charge in [-0.2, -0.15) is 4.98 Å². The second kappa shape index (κ2) is 4.62. The van der Waals surface area contributed by atoms with Gasteiger partial charge in [0.05, 0.1) is 12.2 Å². The molecule has 0 aromatic carbocycles. The molecular formula is C14H17FN4O2. The molecule has 0 amide bonds. The number of nitrogens with zero attached hydrogens (tertiary/aromatic N) is 4. The number of hydrogen-bond donors (Lipinski definition) is 0. The van der Waals surface area contributed by atoms with Gasteiger partial charge in [0.1, 0.15) is 0 Å². The SMILES string of the molecule is Cc1cc(CN2CCC(F)(c3nc(C4CC4)no3)C2)on1. The first-order chi connectivity index (χ1) is 10.1. The van der Waals surface area contributed by atoms with Crippen molar-refractivity contribution in [3.05, 3.63) is 29.2 Å². The normalized spacial score (nSPS) is 26.6. The predicted octanol–water partition coefficient (Wildman–Crippen LogP) is 2.31. The molecule has 2 aliphatic rings. The van der Waals surface area contributed by atoms with Crippen LogP contribution >= 0.6 is 0 Å². The highest BCUT2D eigenvalue weighted by atomic mass is 19.1. The maximum atomic E-state index is 15.0. The number of likely N-dealkylation sites (tertiary alicyclic amines) is 1. The van der Waals surface area contributed by atoms with Crippen LogP contribution in [0, 0.1) is 6.92 Å². The molecule has 1 aliphatic carbocycles. The number of aryl methyl sites for hydroxylation is 1. The van der Waals surface area contributed by atoms with Crippen molar-refractivity contribution in [2.75, 3.05) is 13.1 Å². The number of rotatable bonds is 4. The molecule has 0 radical (unpaired) electrons. The van der Waals surface area contributed by atoms with Gasteiger partial charge in [0, 0.05) is 31.5 Å². The minimum Gasteiger partial charge on any atom is -0.360 e. The zero-order valence-corrected chi connectivity index (χ0v) is 11.9. The summed E-state index contributed by atoms with van der Waals surface area (Å²) in [5.41, 5.74) is -0.712. The van der Waals surface area contributed by atoms with Crippen LogP contribution in [0.5, 0.6) is 0 Å². The van der Waals surface area contributed by atoms with E-state index in [0.717, 1.165) is 24.3 Å². The van der Waals surface area contributed by atoms with Crippen molar-refractivity contribution in [2.24, 2.45) is 0 Å². The van der Waals surface area contributed by atoms with E-state index in [9.17, 15) is 0 Å². The summed E-state index contributed by atoms with van der Waals surface area (Å²) >= 11 is 0. The lowest BCUT2D eigenvalue weighted by atomic mass is 10.1. The fraction of sp³-hybridized carbons (Fsp3) is 0.643. The van der Waals surface area contributed by atoms with E-state index in [1.807, 2.05) is 17.9 Å². The maximum Gasteiger partial charge on any atom is 0.265 e. The molecule has 7 heteroatoms. The number of aromatic nitrogens is 3. The minimum atomic E-state index is -1.55. The van der Waals surface area contributed by atoms with Gasteiger partial charge in [0.2, 0.25) is 5.67 Å². The standard InChI is InChI=1S/C14H17FN4O2/c1-9-6-11(20-17-9)7-19-5-4-14(15,8-19)13-16-12(18-21-13)10-2-3-10/h6,10H,2-5,7-8H2,1H3. The smallest absolute Gasteiger partial charge is 0.265 e. The highest BCUT2D eigenvalue weighted by molar-refractivity contribution is 5.10. The molecule has 1 saturated heterocycles. The zero-order valence-electron chi connectivity index (χ0n) is 11.9. The van der Waals surface area contributed by atoms with Crippen LogP contribution in [-0.2, 0) is 12.2 Å². The second-order valence-corrected chi connectivity index (χ2v) is 6.09. The van der Waals surface area contributed by atoms with Gasteiger partial charge in [-0.1, -0.05) is 10.3 Å². The summed E-state index contributed by atoms with van der Waals surface area (Å²) < 4.78 is 25.4. The van der Waals surface area contributed by atoms with Crippen LogP contribution in [0.15, 0.2) is 15.1 Å². The summed E-state index contributed by atoms with van der Waals surface area (Å²) in [5.74, 6) is 1.91. The first-order valence-corrected chi connectivity index (χ1v) is 7.30. The maximum absolute atomic E-state index is 15.0. The molecule has 1 unspecified atom stereocenters. The molecule has 2 aromatic heterocycles. The van der Waals surface area contributed by atoms with Crippen molar-refractivity contribution in [1.29, 1.82) is 0 Å². The van der Waals surface area contributed by atoms with Gasteiger partial charge < -0.3 is 9.05 Å². The summed E-state index contributed by atoms with van der Waals surface area (Å²) in [6.45, 7) is 3.31. The number of halogens is 1. The van der Waals surface area contributed by atoms with Crippen molar-refractivity contribution in [1.82, 2.24) is 20.2 Å². The Kier molecular flexibility index (Phi) is 2.85. The van der Waals surface area contributed by atoms with Crippen LogP contribution < -0.4 is 0 Å². The molecule has 1 aliphatic heterocycles. The van der Waals surface area contributed by atoms with Gasteiger partial charge in [-0.25, -0.2) is 4.39 Å². The molecule has 0 spiro atoms. The zero-order chi connectivity index (χ0) is 14.4. The summed E-state index contributed by atoms with van der Waals surface area (Å²) in [6.07, 6.45) is 2.52. The largest absolute Gasteiger partial charge is 0.360 e. The van der Waals surface area contributed by atoms with Crippen molar-refractivity contribution < 1.29 is 13.4 Å². The number of alkyl halides is 1. The number of hydrogen-bond acceptors (Lipinski definition) is 6. The molecular weight excluding hydrogens is 275 g/mol. The first-order valence-electron chi connectivity index (χ1n) is 7.30. The van der Waals surface area contributed by atoms with E-state index < -0.39 is 5.67 Å². The van der Waals surface area contributed by atoms with E-state index in [1.54, 1.807) is 0 Å². The average molecular weight is 292 g/mol. The molecule has 0 N–H and O–H groups in total. The van der Waals surface area contributed by atoms with Crippen LogP contribution in [0.25, 0.3) is 0 Å². The van der Waals surface area contributed by atoms with Crippen LogP contribution in [0.2, 0.25) is 0 Å². The molecule has 2 fully saturated rings. The third-order valence-electron chi connectivity index (χ3n) is 4.12. The molecule has 3 heterocycles. The topological polar surface area (TPSA) is 68.2 Å². The Balaban J connectivity index is 1.45. The van der Waals surface area contributed by atoms with Crippen LogP contribution in [-0.4, -0.2) is 33.3 Å². The van der Waals surface area contributed by atoms with Crippen molar-refractivity contribution >= 4 is 0 Å². The molecule has 1 saturated carbocycles. The molecule has 112 valence electrons. The average Bonchev–Trinajstić information content (AvgIpc) is 2.86. The van der Waals surface area contributed by atoms with Crippen LogP contribution in [0.1, 0.15) is 48.3 Å². The fourth-order valence-electron chi connectivity index (χ4n) is 2.79. The van der Waals surface area contributed by atoms with Gasteiger partial charge in [-0.15, -0.1) is 0 Å². The lowest BCUT2D eigenvalue weighted by Gasteiger charge is -2.16. The van der Waals surface area contributed by atoms with Gasteiger partial charge in [0.25, 0.3) is 5.89 Å². The molecule has 0 bridgehead atoms. The second-order valence-electron chi connectivity index (χ2n) is 6.09.